The number of anilines is 1. The standard InChI is InChI=1S/C20H24N6O4S.C14H12ClN5O2S.C13H10ClN5O2S.C6H13NO2.CH3F.ClH/c1-4-29-16-10-25(7-8-30-16)19-17-18(24(3)12-21-17)22-20(23-19)31-11-14-6-5-13(2)15(9-14)26(27)28;1-8-3-4-9(5-10(8)20(21)22)6-23-14-17-12(15)11-13(18-14)19(2)7-16-11;1-7-2-3-8(4-9(7)19(20)21)5-22-13-17-11(14)10-12(18-13)16-6-15-10;1-2-8-6-5-7-3-4-9-6;1-2;/h5-6,9,12,16H,4,7-8,10-11H2,1-3H3;3-5,7H,6H2,1-2H3;2-4,6H,5H2,1H3,(H,15,16,17,18);6-7H,2-5H2,1H3;1H3;1H/i;;;;1D;. The molecule has 88 heavy (non-hydrogen) atoms. The van der Waals surface area contributed by atoms with Gasteiger partial charge in [-0.3, -0.25) is 34.7 Å². The molecule has 2 aliphatic heterocycles. The minimum atomic E-state index is -1.00. The van der Waals surface area contributed by atoms with Gasteiger partial charge in [0.25, 0.3) is 17.1 Å². The molecular weight excluding hydrogens is 1270 g/mol. The molecule has 6 aromatic heterocycles. The number of ether oxygens (including phenoxy) is 4. The Hall–Kier alpha value is -7.04. The molecule has 34 heteroatoms. The number of fused-ring (bicyclic) bond motifs is 3. The summed E-state index contributed by atoms with van der Waals surface area (Å²) in [5, 5.41) is 38.5. The largest absolute Gasteiger partial charge is 0.352 e. The van der Waals surface area contributed by atoms with Crippen LogP contribution in [0.3, 0.4) is 0 Å². The van der Waals surface area contributed by atoms with E-state index in [1.165, 1.54) is 41.6 Å². The van der Waals surface area contributed by atoms with Gasteiger partial charge in [0.05, 0.1) is 62.0 Å². The van der Waals surface area contributed by atoms with Crippen LogP contribution in [0.15, 0.2) is 89.0 Å². The van der Waals surface area contributed by atoms with Crippen LogP contribution in [0.4, 0.5) is 27.3 Å². The summed E-state index contributed by atoms with van der Waals surface area (Å²) in [4.78, 5) is 76.3. The first-order valence-corrected chi connectivity index (χ1v) is 30.3. The van der Waals surface area contributed by atoms with Crippen LogP contribution in [0.1, 0.15) is 48.6 Å². The molecule has 0 spiro atoms. The molecule has 8 heterocycles. The van der Waals surface area contributed by atoms with Gasteiger partial charge in [0.1, 0.15) is 11.0 Å². The number of benzene rings is 3. The molecule has 2 atom stereocenters. The van der Waals surface area contributed by atoms with Crippen LogP contribution in [-0.2, 0) is 50.3 Å². The Balaban J connectivity index is 0.000000196. The summed E-state index contributed by atoms with van der Waals surface area (Å²) >= 11 is 16.3. The average Bonchev–Trinajstić information content (AvgIpc) is 2.09. The van der Waals surface area contributed by atoms with E-state index < -0.39 is 7.15 Å². The van der Waals surface area contributed by atoms with Crippen molar-refractivity contribution in [2.75, 3.05) is 64.7 Å². The van der Waals surface area contributed by atoms with Crippen molar-refractivity contribution in [1.29, 1.82) is 0 Å². The Bertz CT molecular complexity index is 3850. The van der Waals surface area contributed by atoms with Crippen molar-refractivity contribution >= 4 is 127 Å². The fourth-order valence-electron chi connectivity index (χ4n) is 8.32. The number of nitrogens with zero attached hydrogens (tertiary/aromatic N) is 15. The maximum atomic E-state index is 11.2. The van der Waals surface area contributed by atoms with Crippen LogP contribution >= 0.6 is 70.9 Å². The molecule has 0 saturated carbocycles. The van der Waals surface area contributed by atoms with Gasteiger partial charge in [-0.05, 0) is 51.3 Å². The van der Waals surface area contributed by atoms with E-state index in [9.17, 15) is 34.7 Å². The predicted octanol–water partition coefficient (Wildman–Crippen LogP) is 11.1. The minimum absolute atomic E-state index is 0. The fourth-order valence-corrected chi connectivity index (χ4v) is 11.2. The average molecular weight is 1330 g/mol. The van der Waals surface area contributed by atoms with Gasteiger partial charge >= 0.3 is 0 Å². The van der Waals surface area contributed by atoms with Gasteiger partial charge in [-0.1, -0.05) is 94.9 Å². The van der Waals surface area contributed by atoms with E-state index in [0.717, 1.165) is 60.0 Å². The molecule has 2 fully saturated rings. The third kappa shape index (κ3) is 19.0. The van der Waals surface area contributed by atoms with E-state index in [2.05, 4.69) is 55.1 Å². The van der Waals surface area contributed by atoms with E-state index in [1.54, 1.807) is 74.4 Å². The first-order valence-electron chi connectivity index (χ1n) is 27.3. The van der Waals surface area contributed by atoms with E-state index in [0.29, 0.717) is 108 Å². The summed E-state index contributed by atoms with van der Waals surface area (Å²) in [6.07, 6.45) is 4.54. The number of thioether (sulfide) groups is 3. The number of halogens is 4. The van der Waals surface area contributed by atoms with Crippen molar-refractivity contribution < 1.29 is 39.5 Å². The lowest BCUT2D eigenvalue weighted by atomic mass is 10.1. The van der Waals surface area contributed by atoms with Crippen molar-refractivity contribution in [3.63, 3.8) is 0 Å². The Morgan fingerprint density at radius 3 is 1.65 bits per heavy atom. The van der Waals surface area contributed by atoms with Gasteiger partial charge < -0.3 is 43.3 Å². The molecule has 2 aliphatic rings. The third-order valence-electron chi connectivity index (χ3n) is 12.7. The van der Waals surface area contributed by atoms with E-state index in [1.807, 2.05) is 50.7 Å². The molecule has 11 rings (SSSR count). The number of H-pyrrole nitrogens is 1. The van der Waals surface area contributed by atoms with Gasteiger partial charge in [0.15, 0.2) is 66.6 Å². The van der Waals surface area contributed by atoms with Crippen LogP contribution < -0.4 is 10.2 Å². The fraction of sp³-hybridized carbons (Fsp3) is 0.389. The molecular formula is C54H63Cl3FN17O10S3. The number of morpholine rings is 2. The highest BCUT2D eigenvalue weighted by Crippen LogP contribution is 2.32. The molecule has 2 unspecified atom stereocenters. The van der Waals surface area contributed by atoms with Gasteiger partial charge in [-0.2, -0.15) is 0 Å². The monoisotopic (exact) mass is 1330 g/mol. The SMILES string of the molecule is CCOC1CN(c2nc(SCc3ccc(C)c([N+](=O)[O-])c3)nc3c2ncn3C)CCO1.CCOC1CNCCO1.Cc1ccc(CSc2nc(Cl)c3[nH]cnc3n2)cc1[N+](=O)[O-].Cc1ccc(CSc2nc(Cl)c3ncn(C)c3n2)cc1[N+](=O)[O-].Cl.[2H]CF. The molecule has 470 valence electrons. The summed E-state index contributed by atoms with van der Waals surface area (Å²) in [7, 11) is 2.72. The molecule has 2 saturated heterocycles. The van der Waals surface area contributed by atoms with Crippen LogP contribution in [0.2, 0.25) is 10.3 Å². The molecule has 0 aliphatic carbocycles. The number of nitrogens with one attached hydrogen (secondary N) is 2. The summed E-state index contributed by atoms with van der Waals surface area (Å²) in [6, 6.07) is 15.6. The highest BCUT2D eigenvalue weighted by atomic mass is 35.5. The molecule has 9 aromatic rings. The quantitative estimate of drug-likeness (QED) is 0.0281. The lowest BCUT2D eigenvalue weighted by Crippen LogP contribution is -2.44. The van der Waals surface area contributed by atoms with E-state index >= 15 is 0 Å². The zero-order valence-electron chi connectivity index (χ0n) is 49.6. The number of rotatable bonds is 17. The number of hydrogen-bond donors (Lipinski definition) is 2. The zero-order valence-corrected chi connectivity index (χ0v) is 53.4. The number of aromatic amines is 1. The smallest absolute Gasteiger partial charge is 0.272 e. The van der Waals surface area contributed by atoms with Crippen LogP contribution in [0.5, 0.6) is 0 Å². The van der Waals surface area contributed by atoms with E-state index in [-0.39, 0.29) is 56.8 Å². The topological polar surface area (TPSA) is 323 Å². The summed E-state index contributed by atoms with van der Waals surface area (Å²) in [5.74, 6) is 2.29. The maximum absolute atomic E-state index is 11.2. The summed E-state index contributed by atoms with van der Waals surface area (Å²) < 4.78 is 40.9. The van der Waals surface area contributed by atoms with Gasteiger partial charge in [-0.25, -0.2) is 44.9 Å². The second kappa shape index (κ2) is 34.1. The molecule has 0 radical (unpaired) electrons. The summed E-state index contributed by atoms with van der Waals surface area (Å²) in [5.41, 5.74) is 8.54. The molecule has 0 bridgehead atoms. The Labute approximate surface area is 534 Å². The van der Waals surface area contributed by atoms with Crippen molar-refractivity contribution in [3.8, 4) is 0 Å². The first-order chi connectivity index (χ1) is 42.3. The Morgan fingerprint density at radius 2 is 1.15 bits per heavy atom. The van der Waals surface area contributed by atoms with Gasteiger partial charge in [0, 0.05) is 99.1 Å². The highest BCUT2D eigenvalue weighted by molar-refractivity contribution is 7.98. The van der Waals surface area contributed by atoms with Crippen molar-refractivity contribution in [1.82, 2.24) is 64.3 Å². The first kappa shape index (κ1) is 68.5. The number of nitro groups is 3. The van der Waals surface area contributed by atoms with Crippen LogP contribution in [0, 0.1) is 51.1 Å². The second-order valence-electron chi connectivity index (χ2n) is 18.7. The molecule has 3 aromatic carbocycles. The molecule has 2 N–H and O–H groups in total. The number of aromatic nitrogens is 12. The van der Waals surface area contributed by atoms with Gasteiger partial charge in [-0.15, -0.1) is 12.4 Å². The van der Waals surface area contributed by atoms with Crippen LogP contribution in [0.25, 0.3) is 33.5 Å². The lowest BCUT2D eigenvalue weighted by Gasteiger charge is -2.33. The highest BCUT2D eigenvalue weighted by Gasteiger charge is 2.26. The zero-order chi connectivity index (χ0) is 63.4. The second-order valence-corrected chi connectivity index (χ2v) is 22.3. The van der Waals surface area contributed by atoms with Crippen molar-refractivity contribution in [2.24, 2.45) is 14.1 Å². The minimum Gasteiger partial charge on any atom is -0.352 e. The molecule has 27 nitrogen and oxygen atoms in total. The normalized spacial score (nSPS) is 14.7. The number of aryl methyl sites for hydroxylation is 5. The summed E-state index contributed by atoms with van der Waals surface area (Å²) in [6.45, 7) is 14.7. The number of hydrogen-bond acceptors (Lipinski definition) is 24. The Kier molecular flexibility index (Phi) is 26.5. The number of imidazole rings is 3. The van der Waals surface area contributed by atoms with Gasteiger partial charge in [0.2, 0.25) is 0 Å². The maximum Gasteiger partial charge on any atom is 0.272 e. The number of alkyl halides is 1. The van der Waals surface area contributed by atoms with Crippen LogP contribution in [-0.4, -0.2) is 146 Å². The van der Waals surface area contributed by atoms with E-state index in [4.69, 9.17) is 48.5 Å². The van der Waals surface area contributed by atoms with Crippen molar-refractivity contribution in [2.45, 2.75) is 79.9 Å². The third-order valence-corrected chi connectivity index (χ3v) is 16.0. The van der Waals surface area contributed by atoms with Crippen molar-refractivity contribution in [3.05, 3.63) is 148 Å². The number of nitro benzene ring substituents is 3. The lowest BCUT2D eigenvalue weighted by molar-refractivity contribution is -0.385. The Morgan fingerprint density at radius 1 is 0.682 bits per heavy atom. The predicted molar refractivity (Wildman–Crippen MR) is 339 cm³/mol. The molecule has 0 amide bonds.